The molecule has 13 aromatic carbocycles. The molecule has 0 aliphatic rings. The van der Waals surface area contributed by atoms with E-state index in [0.29, 0.717) is 0 Å². The molecular weight excluding hydrogens is 989 g/mol. The molecule has 0 bridgehead atoms. The van der Waals surface area contributed by atoms with Crippen molar-refractivity contribution in [1.82, 2.24) is 9.13 Å². The molecule has 6 heteroatoms. The second kappa shape index (κ2) is 17.6. The summed E-state index contributed by atoms with van der Waals surface area (Å²) in [5.41, 5.74) is 17.7. The SMILES string of the molecule is Cc1cccc(N(c2ccc3c(ccc4c5cc6c7ccc8cc(N(c9ccccc9)c9cccc%10c9oc9ccccc9%10)ccc8c7n(-c7ccccc7)c6cc5n(-c5ccccc5)c34)c2)c2cccc3c2oc2ccccc23)c1. The molecule has 0 aliphatic heterocycles. The molecular formula is C75H48N4O2. The van der Waals surface area contributed by atoms with E-state index in [0.717, 1.165) is 111 Å². The van der Waals surface area contributed by atoms with Crippen molar-refractivity contribution in [3.63, 3.8) is 0 Å². The lowest BCUT2D eigenvalue weighted by Crippen LogP contribution is -2.10. The molecule has 17 rings (SSSR count). The highest BCUT2D eigenvalue weighted by atomic mass is 16.3. The van der Waals surface area contributed by atoms with Gasteiger partial charge in [0.25, 0.3) is 0 Å². The number of nitrogens with zero attached hydrogens (tertiary/aromatic N) is 4. The van der Waals surface area contributed by atoms with Gasteiger partial charge in [0.1, 0.15) is 11.2 Å². The van der Waals surface area contributed by atoms with Gasteiger partial charge in [-0.1, -0.05) is 164 Å². The molecule has 0 aliphatic carbocycles. The van der Waals surface area contributed by atoms with Crippen LogP contribution < -0.4 is 9.80 Å². The average Bonchev–Trinajstić information content (AvgIpc) is 3.82. The summed E-state index contributed by atoms with van der Waals surface area (Å²) in [6.07, 6.45) is 0. The number of hydrogen-bond acceptors (Lipinski definition) is 4. The zero-order valence-corrected chi connectivity index (χ0v) is 44.1. The Balaban J connectivity index is 0.881. The number of para-hydroxylation sites is 7. The van der Waals surface area contributed by atoms with Crippen LogP contribution in [-0.4, -0.2) is 9.13 Å². The van der Waals surface area contributed by atoms with Crippen LogP contribution >= 0.6 is 0 Å². The fourth-order valence-corrected chi connectivity index (χ4v) is 13.1. The zero-order chi connectivity index (χ0) is 53.3. The van der Waals surface area contributed by atoms with Gasteiger partial charge >= 0.3 is 0 Å². The highest BCUT2D eigenvalue weighted by molar-refractivity contribution is 6.26. The molecule has 0 N–H and O–H groups in total. The molecule has 0 fully saturated rings. The minimum Gasteiger partial charge on any atom is -0.454 e. The number of fused-ring (bicyclic) bond motifs is 16. The highest BCUT2D eigenvalue weighted by Crippen LogP contribution is 2.48. The average molecular weight is 1040 g/mol. The molecule has 0 amide bonds. The van der Waals surface area contributed by atoms with E-state index in [-0.39, 0.29) is 0 Å². The van der Waals surface area contributed by atoms with Crippen molar-refractivity contribution in [1.29, 1.82) is 0 Å². The Bertz CT molecular complexity index is 5380. The molecule has 0 saturated heterocycles. The highest BCUT2D eigenvalue weighted by Gasteiger charge is 2.25. The number of aromatic nitrogens is 2. The topological polar surface area (TPSA) is 42.6 Å². The zero-order valence-electron chi connectivity index (χ0n) is 44.1. The van der Waals surface area contributed by atoms with Crippen LogP contribution in [0.4, 0.5) is 34.1 Å². The lowest BCUT2D eigenvalue weighted by Gasteiger charge is -2.26. The molecule has 0 atom stereocenters. The number of aryl methyl sites for hydroxylation is 1. The molecule has 4 aromatic heterocycles. The molecule has 81 heavy (non-hydrogen) atoms. The first-order valence-corrected chi connectivity index (χ1v) is 27.6. The molecule has 0 saturated carbocycles. The van der Waals surface area contributed by atoms with Crippen LogP contribution in [-0.2, 0) is 0 Å². The molecule has 17 aromatic rings. The molecule has 0 radical (unpaired) electrons. The standard InChI is InChI=1S/C75H48N4O2/c1-47-18-15-25-53(42-47)77(67-31-17-29-63-59-27-12-14-33-71(59)81-75(63)67)55-37-41-57-49(44-55)35-39-61-65-45-64-60-38-34-48-43-54(76(50-19-5-2-6-20-50)66-30-16-28-62-58-26-11-13-32-70(58)80-74(62)66)36-40-56(48)72(60)78(51-21-7-3-8-22-51)68(64)46-69(65)79(73(57)61)52-23-9-4-10-24-52/h2-46H,1H3. The van der Waals surface area contributed by atoms with Crippen LogP contribution in [0.3, 0.4) is 0 Å². The van der Waals surface area contributed by atoms with Crippen molar-refractivity contribution in [2.45, 2.75) is 6.92 Å². The predicted molar refractivity (Wildman–Crippen MR) is 339 cm³/mol. The summed E-state index contributed by atoms with van der Waals surface area (Å²) in [6.45, 7) is 2.15. The summed E-state index contributed by atoms with van der Waals surface area (Å²) >= 11 is 0. The minimum atomic E-state index is 0.858. The van der Waals surface area contributed by atoms with Crippen molar-refractivity contribution in [3.8, 4) is 11.4 Å². The van der Waals surface area contributed by atoms with E-state index in [1.54, 1.807) is 0 Å². The van der Waals surface area contributed by atoms with Crippen LogP contribution in [0, 0.1) is 6.92 Å². The number of benzene rings is 13. The summed E-state index contributed by atoms with van der Waals surface area (Å²) in [6, 6.07) is 98.6. The first-order chi connectivity index (χ1) is 40.1. The van der Waals surface area contributed by atoms with Gasteiger partial charge in [-0.25, -0.2) is 0 Å². The molecule has 380 valence electrons. The van der Waals surface area contributed by atoms with E-state index < -0.39 is 0 Å². The van der Waals surface area contributed by atoms with Crippen LogP contribution in [0.5, 0.6) is 0 Å². The van der Waals surface area contributed by atoms with Crippen molar-refractivity contribution >= 4 is 143 Å². The Hall–Kier alpha value is -10.8. The maximum absolute atomic E-state index is 6.70. The third kappa shape index (κ3) is 6.87. The normalized spacial score (nSPS) is 12.0. The number of rotatable bonds is 8. The van der Waals surface area contributed by atoms with Gasteiger partial charge in [-0.15, -0.1) is 0 Å². The Morgan fingerprint density at radius 3 is 1.22 bits per heavy atom. The fourth-order valence-electron chi connectivity index (χ4n) is 13.1. The summed E-state index contributed by atoms with van der Waals surface area (Å²) in [5.74, 6) is 0. The van der Waals surface area contributed by atoms with Crippen molar-refractivity contribution in [2.75, 3.05) is 9.80 Å². The Morgan fingerprint density at radius 2 is 0.704 bits per heavy atom. The van der Waals surface area contributed by atoms with Crippen LogP contribution in [0.15, 0.2) is 282 Å². The van der Waals surface area contributed by atoms with Crippen molar-refractivity contribution in [3.05, 3.63) is 279 Å². The summed E-state index contributed by atoms with van der Waals surface area (Å²) in [4.78, 5) is 4.68. The Morgan fingerprint density at radius 1 is 0.284 bits per heavy atom. The lowest BCUT2D eigenvalue weighted by molar-refractivity contribution is 0.668. The molecule has 0 unspecified atom stereocenters. The Kier molecular flexibility index (Phi) is 9.83. The second-order valence-corrected chi connectivity index (χ2v) is 21.3. The smallest absolute Gasteiger partial charge is 0.159 e. The van der Waals surface area contributed by atoms with Gasteiger partial charge in [-0.3, -0.25) is 0 Å². The summed E-state index contributed by atoms with van der Waals surface area (Å²) in [5, 5.41) is 13.8. The number of hydrogen-bond donors (Lipinski definition) is 0. The van der Waals surface area contributed by atoms with E-state index in [1.165, 1.54) is 48.9 Å². The van der Waals surface area contributed by atoms with E-state index in [1.807, 2.05) is 12.1 Å². The van der Waals surface area contributed by atoms with Gasteiger partial charge in [0.05, 0.1) is 33.4 Å². The Labute approximate surface area is 465 Å². The fraction of sp³-hybridized carbons (Fsp3) is 0.0133. The van der Waals surface area contributed by atoms with Gasteiger partial charge in [0.15, 0.2) is 11.2 Å². The van der Waals surface area contributed by atoms with E-state index in [9.17, 15) is 0 Å². The van der Waals surface area contributed by atoms with Crippen LogP contribution in [0.1, 0.15) is 5.56 Å². The van der Waals surface area contributed by atoms with Crippen molar-refractivity contribution in [2.24, 2.45) is 0 Å². The third-order valence-electron chi connectivity index (χ3n) is 16.6. The predicted octanol–water partition coefficient (Wildman–Crippen LogP) is 21.2. The van der Waals surface area contributed by atoms with Crippen LogP contribution in [0.2, 0.25) is 0 Å². The quantitative estimate of drug-likeness (QED) is 0.152. The lowest BCUT2D eigenvalue weighted by atomic mass is 10.0. The summed E-state index contributed by atoms with van der Waals surface area (Å²) < 4.78 is 18.3. The first-order valence-electron chi connectivity index (χ1n) is 27.6. The number of anilines is 6. The molecule has 6 nitrogen and oxygen atoms in total. The van der Waals surface area contributed by atoms with E-state index >= 15 is 0 Å². The van der Waals surface area contributed by atoms with E-state index in [2.05, 4.69) is 287 Å². The minimum absolute atomic E-state index is 0.858. The number of furan rings is 2. The van der Waals surface area contributed by atoms with Crippen LogP contribution in [0.25, 0.3) is 120 Å². The maximum Gasteiger partial charge on any atom is 0.159 e. The van der Waals surface area contributed by atoms with Gasteiger partial charge < -0.3 is 27.8 Å². The van der Waals surface area contributed by atoms with Gasteiger partial charge in [0.2, 0.25) is 0 Å². The first kappa shape index (κ1) is 45.2. The largest absolute Gasteiger partial charge is 0.454 e. The molecule has 4 heterocycles. The third-order valence-corrected chi connectivity index (χ3v) is 16.6. The maximum atomic E-state index is 6.70. The molecule has 0 spiro atoms. The van der Waals surface area contributed by atoms with Crippen molar-refractivity contribution < 1.29 is 8.83 Å². The van der Waals surface area contributed by atoms with Gasteiger partial charge in [-0.2, -0.15) is 0 Å². The van der Waals surface area contributed by atoms with E-state index in [4.69, 9.17) is 8.83 Å². The monoisotopic (exact) mass is 1040 g/mol. The second-order valence-electron chi connectivity index (χ2n) is 21.3. The van der Waals surface area contributed by atoms with Gasteiger partial charge in [-0.05, 0) is 132 Å². The summed E-state index contributed by atoms with van der Waals surface area (Å²) in [7, 11) is 0. The van der Waals surface area contributed by atoms with Gasteiger partial charge in [0, 0.05) is 88.0 Å².